The first-order valence-electron chi connectivity index (χ1n) is 9.54. The number of carbonyl (C=O) groups is 1. The summed E-state index contributed by atoms with van der Waals surface area (Å²) in [5, 5.41) is 2.36. The zero-order valence-corrected chi connectivity index (χ0v) is 15.9. The molecule has 28 heavy (non-hydrogen) atoms. The van der Waals surface area contributed by atoms with E-state index in [4.69, 9.17) is 0 Å². The highest BCUT2D eigenvalue weighted by molar-refractivity contribution is 5.98. The van der Waals surface area contributed by atoms with E-state index >= 15 is 0 Å². The molecule has 0 N–H and O–H groups in total. The van der Waals surface area contributed by atoms with Gasteiger partial charge in [-0.3, -0.25) is 9.36 Å². The fraction of sp³-hybridized carbons (Fsp3) is 0.120. The van der Waals surface area contributed by atoms with Crippen molar-refractivity contribution in [3.05, 3.63) is 90.8 Å². The van der Waals surface area contributed by atoms with Gasteiger partial charge in [-0.2, -0.15) is 0 Å². The number of rotatable bonds is 6. The van der Waals surface area contributed by atoms with E-state index in [9.17, 15) is 4.79 Å². The summed E-state index contributed by atoms with van der Waals surface area (Å²) in [4.78, 5) is 17.2. The molecule has 0 saturated heterocycles. The molecule has 4 aromatic rings. The molecule has 0 bridgehead atoms. The fourth-order valence-corrected chi connectivity index (χ4v) is 3.50. The van der Waals surface area contributed by atoms with Crippen molar-refractivity contribution in [1.29, 1.82) is 0 Å². The third-order valence-electron chi connectivity index (χ3n) is 4.93. The Kier molecular flexibility index (Phi) is 4.90. The topological polar surface area (TPSA) is 34.9 Å². The van der Waals surface area contributed by atoms with Crippen LogP contribution in [0.25, 0.3) is 33.9 Å². The lowest BCUT2D eigenvalue weighted by molar-refractivity contribution is 0.0982. The molecule has 0 aliphatic heterocycles. The highest BCUT2D eigenvalue weighted by Crippen LogP contribution is 2.30. The lowest BCUT2D eigenvalue weighted by Crippen LogP contribution is -2.01. The van der Waals surface area contributed by atoms with Gasteiger partial charge in [0.25, 0.3) is 0 Å². The lowest BCUT2D eigenvalue weighted by Gasteiger charge is -2.11. The molecule has 0 radical (unpaired) electrons. The normalized spacial score (nSPS) is 10.9. The van der Waals surface area contributed by atoms with Crippen molar-refractivity contribution >= 4 is 22.6 Å². The van der Waals surface area contributed by atoms with Gasteiger partial charge in [-0.25, -0.2) is 4.98 Å². The van der Waals surface area contributed by atoms with Crippen LogP contribution < -0.4 is 0 Å². The zero-order valence-electron chi connectivity index (χ0n) is 15.9. The molecule has 0 fully saturated rings. The van der Waals surface area contributed by atoms with Crippen molar-refractivity contribution in [2.75, 3.05) is 0 Å². The second-order valence-corrected chi connectivity index (χ2v) is 6.84. The summed E-state index contributed by atoms with van der Waals surface area (Å²) in [6, 6.07) is 20.5. The van der Waals surface area contributed by atoms with E-state index in [1.807, 2.05) is 48.0 Å². The molecule has 0 aliphatic rings. The Balaban J connectivity index is 1.93. The van der Waals surface area contributed by atoms with Crippen LogP contribution in [0, 0.1) is 0 Å². The molecule has 0 saturated carbocycles. The molecule has 2 aromatic heterocycles. The minimum Gasteiger partial charge on any atom is -0.300 e. The maximum atomic E-state index is 12.6. The highest BCUT2D eigenvalue weighted by atomic mass is 16.1. The van der Waals surface area contributed by atoms with E-state index in [0.717, 1.165) is 29.1 Å². The number of aromatic nitrogens is 2. The Morgan fingerprint density at radius 1 is 1.07 bits per heavy atom. The SMILES string of the molecule is C=Cc1cccnc1-n1cc(C(=O)CCC)cc1-c1ccc2ccccc2c1. The molecule has 138 valence electrons. The van der Waals surface area contributed by atoms with Gasteiger partial charge in [0.05, 0.1) is 5.69 Å². The number of Topliss-reactive ketones (excluding diaryl/α,β-unsaturated/α-hetero) is 1. The van der Waals surface area contributed by atoms with Crippen LogP contribution in [-0.4, -0.2) is 15.3 Å². The molecule has 2 aromatic carbocycles. The Bertz CT molecular complexity index is 1170. The van der Waals surface area contributed by atoms with Crippen molar-refractivity contribution in [1.82, 2.24) is 9.55 Å². The van der Waals surface area contributed by atoms with Gasteiger partial charge in [-0.15, -0.1) is 0 Å². The summed E-state index contributed by atoms with van der Waals surface area (Å²) < 4.78 is 2.00. The summed E-state index contributed by atoms with van der Waals surface area (Å²) in [5.74, 6) is 0.926. The van der Waals surface area contributed by atoms with Gasteiger partial charge in [-0.05, 0) is 47.0 Å². The van der Waals surface area contributed by atoms with Gasteiger partial charge in [0.2, 0.25) is 0 Å². The van der Waals surface area contributed by atoms with Crippen LogP contribution in [-0.2, 0) is 0 Å². The molecule has 2 heterocycles. The first kappa shape index (κ1) is 17.9. The van der Waals surface area contributed by atoms with Crippen LogP contribution in [0.15, 0.2) is 79.6 Å². The summed E-state index contributed by atoms with van der Waals surface area (Å²) in [6.07, 6.45) is 6.83. The van der Waals surface area contributed by atoms with Crippen molar-refractivity contribution < 1.29 is 4.79 Å². The van der Waals surface area contributed by atoms with Gasteiger partial charge in [0.1, 0.15) is 5.82 Å². The van der Waals surface area contributed by atoms with E-state index in [0.29, 0.717) is 12.0 Å². The lowest BCUT2D eigenvalue weighted by atomic mass is 10.0. The molecule has 0 amide bonds. The van der Waals surface area contributed by atoms with Crippen LogP contribution in [0.3, 0.4) is 0 Å². The smallest absolute Gasteiger partial charge is 0.164 e. The minimum absolute atomic E-state index is 0.152. The maximum absolute atomic E-state index is 12.6. The molecule has 0 unspecified atom stereocenters. The van der Waals surface area contributed by atoms with Crippen LogP contribution in [0.2, 0.25) is 0 Å². The third-order valence-corrected chi connectivity index (χ3v) is 4.93. The molecular weight excluding hydrogens is 344 g/mol. The van der Waals surface area contributed by atoms with E-state index in [1.54, 1.807) is 12.3 Å². The zero-order chi connectivity index (χ0) is 19.5. The molecule has 3 nitrogen and oxygen atoms in total. The van der Waals surface area contributed by atoms with Crippen LogP contribution in [0.4, 0.5) is 0 Å². The third kappa shape index (κ3) is 3.27. The number of carbonyl (C=O) groups excluding carboxylic acids is 1. The highest BCUT2D eigenvalue weighted by Gasteiger charge is 2.16. The first-order chi connectivity index (χ1) is 13.7. The predicted molar refractivity (Wildman–Crippen MR) is 116 cm³/mol. The summed E-state index contributed by atoms with van der Waals surface area (Å²) in [6.45, 7) is 5.93. The number of fused-ring (bicyclic) bond motifs is 1. The average molecular weight is 366 g/mol. The number of hydrogen-bond donors (Lipinski definition) is 0. The van der Waals surface area contributed by atoms with Gasteiger partial charge in [0.15, 0.2) is 5.78 Å². The molecule has 0 spiro atoms. The largest absolute Gasteiger partial charge is 0.300 e. The maximum Gasteiger partial charge on any atom is 0.164 e. The molecule has 0 atom stereocenters. The monoisotopic (exact) mass is 366 g/mol. The Hall–Kier alpha value is -3.46. The molecular formula is C25H22N2O. The number of pyridine rings is 1. The van der Waals surface area contributed by atoms with Gasteiger partial charge in [-0.1, -0.05) is 56.0 Å². The van der Waals surface area contributed by atoms with E-state index in [-0.39, 0.29) is 5.78 Å². The average Bonchev–Trinajstić information content (AvgIpc) is 3.19. The standard InChI is InChI=1S/C25H22N2O/c1-3-8-24(28)22-16-23(21-13-12-19-9-5-6-10-20(19)15-21)27(17-22)25-18(4-2)11-7-14-26-25/h4-7,9-17H,2-3,8H2,1H3. The fourth-order valence-electron chi connectivity index (χ4n) is 3.50. The van der Waals surface area contributed by atoms with E-state index in [2.05, 4.69) is 41.9 Å². The van der Waals surface area contributed by atoms with Crippen molar-refractivity contribution in [3.63, 3.8) is 0 Å². The molecule has 4 rings (SSSR count). The predicted octanol–water partition coefficient (Wildman–Crippen LogP) is 6.32. The van der Waals surface area contributed by atoms with Crippen LogP contribution in [0.5, 0.6) is 0 Å². The quantitative estimate of drug-likeness (QED) is 0.374. The van der Waals surface area contributed by atoms with E-state index < -0.39 is 0 Å². The van der Waals surface area contributed by atoms with Crippen LogP contribution >= 0.6 is 0 Å². The number of ketones is 1. The Morgan fingerprint density at radius 2 is 1.89 bits per heavy atom. The van der Waals surface area contributed by atoms with Crippen LogP contribution in [0.1, 0.15) is 35.7 Å². The summed E-state index contributed by atoms with van der Waals surface area (Å²) in [7, 11) is 0. The second kappa shape index (κ2) is 7.65. The van der Waals surface area contributed by atoms with Crippen molar-refractivity contribution in [2.24, 2.45) is 0 Å². The van der Waals surface area contributed by atoms with E-state index in [1.165, 1.54) is 10.8 Å². The first-order valence-corrected chi connectivity index (χ1v) is 9.54. The van der Waals surface area contributed by atoms with Gasteiger partial charge >= 0.3 is 0 Å². The number of hydrogen-bond acceptors (Lipinski definition) is 2. The van der Waals surface area contributed by atoms with Gasteiger partial charge in [0, 0.05) is 29.9 Å². The number of benzene rings is 2. The van der Waals surface area contributed by atoms with Crippen molar-refractivity contribution in [3.8, 4) is 17.1 Å². The molecule has 0 aliphatic carbocycles. The van der Waals surface area contributed by atoms with Crippen molar-refractivity contribution in [2.45, 2.75) is 19.8 Å². The Morgan fingerprint density at radius 3 is 2.68 bits per heavy atom. The number of nitrogens with zero attached hydrogens (tertiary/aromatic N) is 2. The Labute approximate surface area is 165 Å². The second-order valence-electron chi connectivity index (χ2n) is 6.84. The van der Waals surface area contributed by atoms with Gasteiger partial charge < -0.3 is 0 Å². The minimum atomic E-state index is 0.152. The summed E-state index contributed by atoms with van der Waals surface area (Å²) >= 11 is 0. The summed E-state index contributed by atoms with van der Waals surface area (Å²) in [5.41, 5.74) is 3.64. The molecule has 3 heteroatoms.